The zero-order chi connectivity index (χ0) is 20.7. The van der Waals surface area contributed by atoms with Crippen LogP contribution in [-0.2, 0) is 24.0 Å². The number of hydrogen-bond donors (Lipinski definition) is 1. The number of carbonyl (C=O) groups excluding carboxylic acids is 4. The van der Waals surface area contributed by atoms with Crippen LogP contribution in [-0.4, -0.2) is 41.3 Å². The lowest BCUT2D eigenvalue weighted by molar-refractivity contribution is -0.157. The molecule has 0 bridgehead atoms. The topological polar surface area (TPSA) is 102 Å². The van der Waals surface area contributed by atoms with Crippen LogP contribution in [0.4, 0.5) is 5.69 Å². The van der Waals surface area contributed by atoms with Gasteiger partial charge in [-0.25, -0.2) is 4.79 Å². The van der Waals surface area contributed by atoms with Gasteiger partial charge < -0.3 is 9.57 Å². The van der Waals surface area contributed by atoms with Crippen molar-refractivity contribution in [2.75, 3.05) is 18.1 Å². The molecule has 9 heteroatoms. The van der Waals surface area contributed by atoms with Crippen molar-refractivity contribution in [1.82, 2.24) is 5.48 Å². The molecule has 1 heterocycles. The third-order valence-corrected chi connectivity index (χ3v) is 5.56. The van der Waals surface area contributed by atoms with Crippen LogP contribution >= 0.6 is 11.8 Å². The lowest BCUT2D eigenvalue weighted by Gasteiger charge is -2.22. The summed E-state index contributed by atoms with van der Waals surface area (Å²) in [6, 6.07) is 6.89. The summed E-state index contributed by atoms with van der Waals surface area (Å²) in [6.45, 7) is 4.98. The first kappa shape index (κ1) is 21.7. The van der Waals surface area contributed by atoms with E-state index in [4.69, 9.17) is 9.57 Å². The van der Waals surface area contributed by atoms with Crippen molar-refractivity contribution < 1.29 is 28.8 Å². The van der Waals surface area contributed by atoms with Gasteiger partial charge in [0.1, 0.15) is 12.3 Å². The molecule has 2 amide bonds. The van der Waals surface area contributed by atoms with Gasteiger partial charge in [0.15, 0.2) is 5.12 Å². The standard InChI is InChI=1S/C19H24N2O6S/c1-4-12(2)18(28-13(3)22)19(25)20-27-17(24)11-21-14-7-5-6-8-15(14)26-10-9-16(21)23/h5-8,12,18H,4,9-11H2,1-3H3,(H,20,25)/t12-,18-/m0/s1. The largest absolute Gasteiger partial charge is 0.491 e. The SMILES string of the molecule is CC[C@H](C)[C@H](SC(C)=O)C(=O)NOC(=O)CN1C(=O)CCOc2ccccc21. The number of thioether (sulfide) groups is 1. The zero-order valence-corrected chi connectivity index (χ0v) is 16.9. The van der Waals surface area contributed by atoms with E-state index < -0.39 is 17.1 Å². The number of rotatable bonds is 6. The number of carbonyl (C=O) groups is 4. The van der Waals surface area contributed by atoms with Gasteiger partial charge in [-0.3, -0.25) is 19.3 Å². The van der Waals surface area contributed by atoms with E-state index in [2.05, 4.69) is 5.48 Å². The number of para-hydroxylation sites is 2. The molecule has 0 aliphatic carbocycles. The Labute approximate surface area is 167 Å². The van der Waals surface area contributed by atoms with Crippen molar-refractivity contribution in [3.63, 3.8) is 0 Å². The summed E-state index contributed by atoms with van der Waals surface area (Å²) in [7, 11) is 0. The first-order valence-electron chi connectivity index (χ1n) is 9.02. The molecule has 1 aliphatic rings. The molecule has 2 atom stereocenters. The number of hydrogen-bond acceptors (Lipinski definition) is 7. The van der Waals surface area contributed by atoms with Crippen molar-refractivity contribution in [3.05, 3.63) is 24.3 Å². The van der Waals surface area contributed by atoms with Gasteiger partial charge in [-0.05, 0) is 18.1 Å². The smallest absolute Gasteiger partial charge is 0.351 e. The van der Waals surface area contributed by atoms with Crippen molar-refractivity contribution in [3.8, 4) is 5.75 Å². The molecule has 0 saturated heterocycles. The maximum atomic E-state index is 12.3. The van der Waals surface area contributed by atoms with Crippen molar-refractivity contribution in [2.45, 2.75) is 38.9 Å². The van der Waals surface area contributed by atoms with Crippen LogP contribution in [0.2, 0.25) is 0 Å². The van der Waals surface area contributed by atoms with Crippen LogP contribution in [0.5, 0.6) is 5.75 Å². The van der Waals surface area contributed by atoms with E-state index in [9.17, 15) is 19.2 Å². The average Bonchev–Trinajstić information content (AvgIpc) is 2.82. The molecular weight excluding hydrogens is 384 g/mol. The number of amides is 2. The molecule has 152 valence electrons. The Kier molecular flexibility index (Phi) is 7.86. The first-order chi connectivity index (χ1) is 13.3. The molecule has 1 aromatic carbocycles. The Hall–Kier alpha value is -2.55. The maximum absolute atomic E-state index is 12.3. The zero-order valence-electron chi connectivity index (χ0n) is 16.1. The van der Waals surface area contributed by atoms with E-state index in [-0.39, 0.29) is 36.5 Å². The van der Waals surface area contributed by atoms with E-state index in [1.807, 2.05) is 13.8 Å². The number of hydroxylamine groups is 1. The third-order valence-electron chi connectivity index (χ3n) is 4.30. The second kappa shape index (κ2) is 10.1. The lowest BCUT2D eigenvalue weighted by atomic mass is 10.0. The van der Waals surface area contributed by atoms with Crippen LogP contribution < -0.4 is 15.1 Å². The van der Waals surface area contributed by atoms with E-state index in [1.165, 1.54) is 11.8 Å². The van der Waals surface area contributed by atoms with Crippen LogP contribution in [0.3, 0.4) is 0 Å². The Bertz CT molecular complexity index is 754. The molecule has 2 rings (SSSR count). The summed E-state index contributed by atoms with van der Waals surface area (Å²) >= 11 is 0.898. The van der Waals surface area contributed by atoms with E-state index in [0.29, 0.717) is 17.9 Å². The Balaban J connectivity index is 2.00. The van der Waals surface area contributed by atoms with E-state index >= 15 is 0 Å². The average molecular weight is 408 g/mol. The molecule has 8 nitrogen and oxygen atoms in total. The normalized spacial score (nSPS) is 15.5. The highest BCUT2D eigenvalue weighted by molar-refractivity contribution is 8.14. The van der Waals surface area contributed by atoms with Gasteiger partial charge in [-0.15, -0.1) is 0 Å². The summed E-state index contributed by atoms with van der Waals surface area (Å²) in [6.07, 6.45) is 0.811. The molecular formula is C19H24N2O6S. The van der Waals surface area contributed by atoms with Crippen LogP contribution in [0.15, 0.2) is 24.3 Å². The molecule has 1 aromatic rings. The monoisotopic (exact) mass is 408 g/mol. The van der Waals surface area contributed by atoms with Gasteiger partial charge in [0.2, 0.25) is 5.91 Å². The van der Waals surface area contributed by atoms with Gasteiger partial charge in [0, 0.05) is 6.92 Å². The molecule has 0 saturated carbocycles. The molecule has 0 aromatic heterocycles. The minimum Gasteiger partial charge on any atom is -0.491 e. The minimum absolute atomic E-state index is 0.0798. The number of ether oxygens (including phenoxy) is 1. The summed E-state index contributed by atoms with van der Waals surface area (Å²) in [5.74, 6) is -1.22. The quantitative estimate of drug-likeness (QED) is 0.719. The highest BCUT2D eigenvalue weighted by Crippen LogP contribution is 2.30. The van der Waals surface area contributed by atoms with Crippen molar-refractivity contribution in [1.29, 1.82) is 0 Å². The summed E-state index contributed by atoms with van der Waals surface area (Å²) in [5, 5.41) is -0.859. The molecule has 0 unspecified atom stereocenters. The van der Waals surface area contributed by atoms with Crippen molar-refractivity contribution >= 4 is 40.3 Å². The van der Waals surface area contributed by atoms with Crippen LogP contribution in [0, 0.1) is 5.92 Å². The Morgan fingerprint density at radius 3 is 2.71 bits per heavy atom. The summed E-state index contributed by atoms with van der Waals surface area (Å²) in [5.41, 5.74) is 2.59. The second-order valence-electron chi connectivity index (χ2n) is 6.40. The first-order valence-corrected chi connectivity index (χ1v) is 9.90. The van der Waals surface area contributed by atoms with Gasteiger partial charge in [0.05, 0.1) is 24.0 Å². The van der Waals surface area contributed by atoms with Crippen LogP contribution in [0.25, 0.3) is 0 Å². The molecule has 0 spiro atoms. The Morgan fingerprint density at radius 2 is 2.04 bits per heavy atom. The number of anilines is 1. The van der Waals surface area contributed by atoms with Gasteiger partial charge in [-0.1, -0.05) is 44.2 Å². The predicted molar refractivity (Wildman–Crippen MR) is 105 cm³/mol. The van der Waals surface area contributed by atoms with Crippen LogP contribution in [0.1, 0.15) is 33.6 Å². The van der Waals surface area contributed by atoms with Crippen molar-refractivity contribution in [2.24, 2.45) is 5.92 Å². The van der Waals surface area contributed by atoms with E-state index in [1.54, 1.807) is 24.3 Å². The highest BCUT2D eigenvalue weighted by atomic mass is 32.2. The van der Waals surface area contributed by atoms with Gasteiger partial charge in [0.25, 0.3) is 5.91 Å². The number of fused-ring (bicyclic) bond motifs is 1. The number of nitrogens with one attached hydrogen (secondary N) is 1. The second-order valence-corrected chi connectivity index (χ2v) is 7.72. The third kappa shape index (κ3) is 5.72. The van der Waals surface area contributed by atoms with Gasteiger partial charge >= 0.3 is 5.97 Å². The lowest BCUT2D eigenvalue weighted by Crippen LogP contribution is -2.42. The number of nitrogens with zero attached hydrogens (tertiary/aromatic N) is 1. The summed E-state index contributed by atoms with van der Waals surface area (Å²) < 4.78 is 5.52. The fraction of sp³-hybridized carbons (Fsp3) is 0.474. The predicted octanol–water partition coefficient (Wildman–Crippen LogP) is 2.07. The highest BCUT2D eigenvalue weighted by Gasteiger charge is 2.29. The van der Waals surface area contributed by atoms with Gasteiger partial charge in [-0.2, -0.15) is 5.48 Å². The molecule has 0 radical (unpaired) electrons. The number of benzene rings is 1. The summed E-state index contributed by atoms with van der Waals surface area (Å²) in [4.78, 5) is 54.4. The minimum atomic E-state index is -0.797. The van der Waals surface area contributed by atoms with E-state index in [0.717, 1.165) is 11.8 Å². The fourth-order valence-electron chi connectivity index (χ4n) is 2.64. The fourth-order valence-corrected chi connectivity index (χ4v) is 3.58. The molecule has 0 fully saturated rings. The molecule has 1 N–H and O–H groups in total. The molecule has 1 aliphatic heterocycles. The molecule has 28 heavy (non-hydrogen) atoms. The Morgan fingerprint density at radius 1 is 1.32 bits per heavy atom. The maximum Gasteiger partial charge on any atom is 0.351 e.